The second kappa shape index (κ2) is 10.2. The van der Waals surface area contributed by atoms with Crippen LogP contribution in [0.2, 0.25) is 0 Å². The van der Waals surface area contributed by atoms with Gasteiger partial charge in [0.1, 0.15) is 0 Å². The summed E-state index contributed by atoms with van der Waals surface area (Å²) in [5, 5.41) is 6.55. The quantitative estimate of drug-likeness (QED) is 0.440. The van der Waals surface area contributed by atoms with Gasteiger partial charge in [0.15, 0.2) is 17.5 Å². The highest BCUT2D eigenvalue weighted by Crippen LogP contribution is 2.32. The highest BCUT2D eigenvalue weighted by Gasteiger charge is 2.19. The minimum atomic E-state index is 0.210. The molecule has 0 fully saturated rings. The number of guanidine groups is 1. The molecule has 0 aliphatic carbocycles. The normalized spacial score (nSPS) is 15.6. The summed E-state index contributed by atoms with van der Waals surface area (Å²) in [5.41, 5.74) is 3.50. The SMILES string of the molecule is CN=C(NCCCC(=O)N1CCc2ccccc2C1)Nc1ccc2c(c1)OCCCO2. The Morgan fingerprint density at radius 1 is 1.10 bits per heavy atom. The Balaban J connectivity index is 1.22. The molecule has 1 amide bonds. The molecule has 0 unspecified atom stereocenters. The summed E-state index contributed by atoms with van der Waals surface area (Å²) in [6.07, 6.45) is 3.09. The first-order chi connectivity index (χ1) is 15.2. The number of nitrogens with zero attached hydrogens (tertiary/aromatic N) is 2. The molecular formula is C24H30N4O3. The van der Waals surface area contributed by atoms with E-state index in [0.29, 0.717) is 32.1 Å². The van der Waals surface area contributed by atoms with Crippen molar-refractivity contribution < 1.29 is 14.3 Å². The Bertz CT molecular complexity index is 944. The van der Waals surface area contributed by atoms with Crippen LogP contribution in [0.1, 0.15) is 30.4 Å². The van der Waals surface area contributed by atoms with Crippen molar-refractivity contribution in [3.8, 4) is 11.5 Å². The van der Waals surface area contributed by atoms with Gasteiger partial charge >= 0.3 is 0 Å². The number of amides is 1. The van der Waals surface area contributed by atoms with Gasteiger partial charge in [-0.3, -0.25) is 9.79 Å². The molecule has 0 spiro atoms. The topological polar surface area (TPSA) is 75.2 Å². The lowest BCUT2D eigenvalue weighted by Crippen LogP contribution is -2.36. The van der Waals surface area contributed by atoms with E-state index in [1.54, 1.807) is 7.05 Å². The van der Waals surface area contributed by atoms with E-state index in [4.69, 9.17) is 9.47 Å². The molecule has 164 valence electrons. The van der Waals surface area contributed by atoms with Gasteiger partial charge in [-0.15, -0.1) is 0 Å². The van der Waals surface area contributed by atoms with E-state index < -0.39 is 0 Å². The average Bonchev–Trinajstić information content (AvgIpc) is 3.05. The minimum Gasteiger partial charge on any atom is -0.490 e. The highest BCUT2D eigenvalue weighted by atomic mass is 16.5. The minimum absolute atomic E-state index is 0.210. The number of rotatable bonds is 5. The van der Waals surface area contributed by atoms with Crippen molar-refractivity contribution in [2.75, 3.05) is 38.7 Å². The van der Waals surface area contributed by atoms with E-state index in [0.717, 1.165) is 49.5 Å². The Hall–Kier alpha value is -3.22. The van der Waals surface area contributed by atoms with Gasteiger partial charge in [-0.05, 0) is 36.1 Å². The van der Waals surface area contributed by atoms with Crippen LogP contribution < -0.4 is 20.1 Å². The Kier molecular flexibility index (Phi) is 6.92. The molecule has 2 heterocycles. The summed E-state index contributed by atoms with van der Waals surface area (Å²) in [7, 11) is 1.73. The molecule has 0 aromatic heterocycles. The van der Waals surface area contributed by atoms with Crippen LogP contribution in [-0.4, -0.2) is 50.1 Å². The van der Waals surface area contributed by atoms with Crippen LogP contribution in [0, 0.1) is 0 Å². The summed E-state index contributed by atoms with van der Waals surface area (Å²) < 4.78 is 11.4. The van der Waals surface area contributed by atoms with E-state index in [1.165, 1.54) is 11.1 Å². The monoisotopic (exact) mass is 422 g/mol. The lowest BCUT2D eigenvalue weighted by atomic mass is 9.99. The van der Waals surface area contributed by atoms with Crippen LogP contribution in [0.25, 0.3) is 0 Å². The fourth-order valence-electron chi connectivity index (χ4n) is 3.87. The molecule has 0 radical (unpaired) electrons. The lowest BCUT2D eigenvalue weighted by molar-refractivity contribution is -0.132. The summed E-state index contributed by atoms with van der Waals surface area (Å²) in [4.78, 5) is 18.8. The van der Waals surface area contributed by atoms with Gasteiger partial charge in [0.05, 0.1) is 13.2 Å². The summed E-state index contributed by atoms with van der Waals surface area (Å²) in [6, 6.07) is 14.2. The van der Waals surface area contributed by atoms with Gasteiger partial charge in [0, 0.05) is 51.3 Å². The largest absolute Gasteiger partial charge is 0.490 e. The van der Waals surface area contributed by atoms with E-state index in [-0.39, 0.29) is 5.91 Å². The number of benzene rings is 2. The number of nitrogens with one attached hydrogen (secondary N) is 2. The predicted molar refractivity (Wildman–Crippen MR) is 122 cm³/mol. The maximum Gasteiger partial charge on any atom is 0.222 e. The zero-order chi connectivity index (χ0) is 21.5. The standard InChI is InChI=1S/C24H30N4O3/c1-25-24(27-20-9-10-21-22(16-20)31-15-5-14-30-21)26-12-4-8-23(29)28-13-11-18-6-2-3-7-19(18)17-28/h2-3,6-7,9-10,16H,4-5,8,11-15,17H2,1H3,(H2,25,26,27). The van der Waals surface area contributed by atoms with Crippen LogP contribution in [0.5, 0.6) is 11.5 Å². The average molecular weight is 423 g/mol. The zero-order valence-electron chi connectivity index (χ0n) is 18.0. The van der Waals surface area contributed by atoms with Crippen molar-refractivity contribution in [1.82, 2.24) is 10.2 Å². The Labute approximate surface area is 183 Å². The number of carbonyl (C=O) groups is 1. The molecule has 7 nitrogen and oxygen atoms in total. The molecule has 2 aliphatic rings. The summed E-state index contributed by atoms with van der Waals surface area (Å²) >= 11 is 0. The third-order valence-corrected chi connectivity index (χ3v) is 5.58. The van der Waals surface area contributed by atoms with Crippen molar-refractivity contribution in [1.29, 1.82) is 0 Å². The number of hydrogen-bond acceptors (Lipinski definition) is 4. The number of ether oxygens (including phenoxy) is 2. The van der Waals surface area contributed by atoms with Crippen LogP contribution in [0.15, 0.2) is 47.5 Å². The molecule has 31 heavy (non-hydrogen) atoms. The van der Waals surface area contributed by atoms with Gasteiger partial charge < -0.3 is 25.0 Å². The van der Waals surface area contributed by atoms with Crippen LogP contribution in [0.3, 0.4) is 0 Å². The maximum absolute atomic E-state index is 12.6. The second-order valence-corrected chi connectivity index (χ2v) is 7.77. The highest BCUT2D eigenvalue weighted by molar-refractivity contribution is 5.93. The van der Waals surface area contributed by atoms with Crippen molar-refractivity contribution in [2.24, 2.45) is 4.99 Å². The van der Waals surface area contributed by atoms with E-state index in [1.807, 2.05) is 29.2 Å². The van der Waals surface area contributed by atoms with Gasteiger partial charge in [-0.25, -0.2) is 0 Å². The van der Waals surface area contributed by atoms with Gasteiger partial charge in [0.2, 0.25) is 5.91 Å². The molecule has 7 heteroatoms. The van der Waals surface area contributed by atoms with Crippen LogP contribution in [0.4, 0.5) is 5.69 Å². The summed E-state index contributed by atoms with van der Waals surface area (Å²) in [6.45, 7) is 3.51. The van der Waals surface area contributed by atoms with Crippen molar-refractivity contribution >= 4 is 17.6 Å². The van der Waals surface area contributed by atoms with Gasteiger partial charge in [0.25, 0.3) is 0 Å². The van der Waals surface area contributed by atoms with Gasteiger partial charge in [-0.2, -0.15) is 0 Å². The fourth-order valence-corrected chi connectivity index (χ4v) is 3.87. The number of fused-ring (bicyclic) bond motifs is 2. The number of aliphatic imine (C=N–C) groups is 1. The zero-order valence-corrected chi connectivity index (χ0v) is 18.0. The summed E-state index contributed by atoms with van der Waals surface area (Å²) in [5.74, 6) is 2.38. The number of carbonyl (C=O) groups excluding carboxylic acids is 1. The Morgan fingerprint density at radius 2 is 1.90 bits per heavy atom. The van der Waals surface area contributed by atoms with Crippen molar-refractivity contribution in [3.05, 3.63) is 53.6 Å². The molecule has 4 rings (SSSR count). The first kappa shape index (κ1) is 21.0. The Morgan fingerprint density at radius 3 is 2.74 bits per heavy atom. The number of hydrogen-bond donors (Lipinski definition) is 2. The molecule has 2 aromatic rings. The van der Waals surface area contributed by atoms with E-state index in [2.05, 4.69) is 33.8 Å². The maximum atomic E-state index is 12.6. The third kappa shape index (κ3) is 5.48. The molecular weight excluding hydrogens is 392 g/mol. The molecule has 2 aliphatic heterocycles. The molecule has 0 atom stereocenters. The molecule has 0 saturated heterocycles. The molecule has 0 saturated carbocycles. The molecule has 0 bridgehead atoms. The lowest BCUT2D eigenvalue weighted by Gasteiger charge is -2.29. The van der Waals surface area contributed by atoms with Crippen molar-refractivity contribution in [2.45, 2.75) is 32.2 Å². The third-order valence-electron chi connectivity index (χ3n) is 5.58. The first-order valence-electron chi connectivity index (χ1n) is 10.9. The molecule has 2 N–H and O–H groups in total. The van der Waals surface area contributed by atoms with Gasteiger partial charge in [-0.1, -0.05) is 24.3 Å². The second-order valence-electron chi connectivity index (χ2n) is 7.77. The molecule has 2 aromatic carbocycles. The van der Waals surface area contributed by atoms with Crippen LogP contribution in [-0.2, 0) is 17.8 Å². The van der Waals surface area contributed by atoms with Crippen molar-refractivity contribution in [3.63, 3.8) is 0 Å². The first-order valence-corrected chi connectivity index (χ1v) is 10.9. The predicted octanol–water partition coefficient (Wildman–Crippen LogP) is 3.20. The van der Waals surface area contributed by atoms with E-state index >= 15 is 0 Å². The van der Waals surface area contributed by atoms with Crippen LogP contribution >= 0.6 is 0 Å². The van der Waals surface area contributed by atoms with E-state index in [9.17, 15) is 4.79 Å². The fraction of sp³-hybridized carbons (Fsp3) is 0.417. The number of anilines is 1. The smallest absolute Gasteiger partial charge is 0.222 e.